The van der Waals surface area contributed by atoms with Crippen molar-refractivity contribution >= 4 is 11.8 Å². The molecular weight excluding hydrogens is 184 g/mol. The van der Waals surface area contributed by atoms with Crippen LogP contribution in [0.5, 0.6) is 0 Å². The van der Waals surface area contributed by atoms with Crippen LogP contribution < -0.4 is 0 Å². The zero-order chi connectivity index (χ0) is 9.68. The highest BCUT2D eigenvalue weighted by molar-refractivity contribution is 7.99. The van der Waals surface area contributed by atoms with Crippen molar-refractivity contribution in [2.75, 3.05) is 11.5 Å². The molecule has 1 rings (SSSR count). The summed E-state index contributed by atoms with van der Waals surface area (Å²) < 4.78 is 1.86. The predicted molar refractivity (Wildman–Crippen MR) is 55.8 cm³/mol. The second-order valence-corrected chi connectivity index (χ2v) is 4.29. The first-order valence-electron chi connectivity index (χ1n) is 4.48. The summed E-state index contributed by atoms with van der Waals surface area (Å²) in [7, 11) is 1.90. The van der Waals surface area contributed by atoms with E-state index >= 15 is 0 Å². The molecule has 3 nitrogen and oxygen atoms in total. The van der Waals surface area contributed by atoms with E-state index in [0.717, 1.165) is 23.8 Å². The molecule has 1 atom stereocenters. The highest BCUT2D eigenvalue weighted by Crippen LogP contribution is 2.16. The van der Waals surface area contributed by atoms with Gasteiger partial charge in [0.2, 0.25) is 0 Å². The number of thioether (sulfide) groups is 1. The lowest BCUT2D eigenvalue weighted by Crippen LogP contribution is -2.06. The van der Waals surface area contributed by atoms with E-state index in [2.05, 4.69) is 11.9 Å². The lowest BCUT2D eigenvalue weighted by Gasteiger charge is -2.09. The highest BCUT2D eigenvalue weighted by atomic mass is 32.2. The SMILES string of the molecule is CCSCCC(O)c1nccn1C. The molecule has 0 spiro atoms. The van der Waals surface area contributed by atoms with E-state index in [-0.39, 0.29) is 0 Å². The van der Waals surface area contributed by atoms with Gasteiger partial charge in [0.05, 0.1) is 0 Å². The molecule has 0 saturated heterocycles. The zero-order valence-electron chi connectivity index (χ0n) is 8.10. The van der Waals surface area contributed by atoms with Crippen LogP contribution in [0.2, 0.25) is 0 Å². The number of aromatic nitrogens is 2. The molecule has 1 unspecified atom stereocenters. The van der Waals surface area contributed by atoms with Gasteiger partial charge in [-0.05, 0) is 17.9 Å². The molecule has 0 fully saturated rings. The van der Waals surface area contributed by atoms with E-state index in [1.165, 1.54) is 0 Å². The molecule has 0 saturated carbocycles. The van der Waals surface area contributed by atoms with Gasteiger partial charge in [-0.3, -0.25) is 0 Å². The molecule has 74 valence electrons. The summed E-state index contributed by atoms with van der Waals surface area (Å²) in [6.07, 6.45) is 3.93. The minimum absolute atomic E-state index is 0.418. The van der Waals surface area contributed by atoms with Crippen LogP contribution in [-0.2, 0) is 7.05 Å². The van der Waals surface area contributed by atoms with Crippen LogP contribution in [0.4, 0.5) is 0 Å². The summed E-state index contributed by atoms with van der Waals surface area (Å²) in [4.78, 5) is 4.10. The standard InChI is InChI=1S/C9H16N2OS/c1-3-13-7-4-8(12)9-10-5-6-11(9)2/h5-6,8,12H,3-4,7H2,1-2H3. The Balaban J connectivity index is 2.39. The van der Waals surface area contributed by atoms with Gasteiger partial charge in [-0.25, -0.2) is 4.98 Å². The first-order valence-corrected chi connectivity index (χ1v) is 5.64. The lowest BCUT2D eigenvalue weighted by molar-refractivity contribution is 0.161. The molecule has 1 heterocycles. The van der Waals surface area contributed by atoms with Gasteiger partial charge in [0, 0.05) is 19.4 Å². The zero-order valence-corrected chi connectivity index (χ0v) is 8.92. The smallest absolute Gasteiger partial charge is 0.137 e. The fourth-order valence-corrected chi connectivity index (χ4v) is 1.85. The molecule has 0 aliphatic heterocycles. The van der Waals surface area contributed by atoms with Gasteiger partial charge in [0.15, 0.2) is 0 Å². The number of aliphatic hydroxyl groups is 1. The molecule has 0 amide bonds. The third-order valence-corrected chi connectivity index (χ3v) is 2.83. The average molecular weight is 200 g/mol. The second-order valence-electron chi connectivity index (χ2n) is 2.90. The Kier molecular flexibility index (Phi) is 4.32. The van der Waals surface area contributed by atoms with Crippen molar-refractivity contribution < 1.29 is 5.11 Å². The van der Waals surface area contributed by atoms with Crippen molar-refractivity contribution in [3.05, 3.63) is 18.2 Å². The maximum absolute atomic E-state index is 9.72. The average Bonchev–Trinajstić information content (AvgIpc) is 2.52. The molecule has 0 radical (unpaired) electrons. The Bertz CT molecular complexity index is 250. The van der Waals surface area contributed by atoms with E-state index < -0.39 is 6.10 Å². The van der Waals surface area contributed by atoms with Crippen LogP contribution in [0.3, 0.4) is 0 Å². The summed E-state index contributed by atoms with van der Waals surface area (Å²) in [6.45, 7) is 2.12. The van der Waals surface area contributed by atoms with E-state index in [1.807, 2.05) is 29.6 Å². The summed E-state index contributed by atoms with van der Waals surface area (Å²) in [5.74, 6) is 2.86. The molecule has 0 bridgehead atoms. The summed E-state index contributed by atoms with van der Waals surface area (Å²) in [5, 5.41) is 9.72. The summed E-state index contributed by atoms with van der Waals surface area (Å²) >= 11 is 1.84. The Morgan fingerprint density at radius 2 is 2.46 bits per heavy atom. The van der Waals surface area contributed by atoms with Crippen molar-refractivity contribution in [2.24, 2.45) is 7.05 Å². The molecule has 13 heavy (non-hydrogen) atoms. The Hall–Kier alpha value is -0.480. The maximum Gasteiger partial charge on any atom is 0.137 e. The molecular formula is C9H16N2OS. The van der Waals surface area contributed by atoms with E-state index in [9.17, 15) is 5.11 Å². The number of rotatable bonds is 5. The quantitative estimate of drug-likeness (QED) is 0.734. The molecule has 0 aliphatic carbocycles. The van der Waals surface area contributed by atoms with Crippen LogP contribution in [0, 0.1) is 0 Å². The number of nitrogens with zero attached hydrogens (tertiary/aromatic N) is 2. The second kappa shape index (κ2) is 5.29. The van der Waals surface area contributed by atoms with Gasteiger partial charge in [0.25, 0.3) is 0 Å². The van der Waals surface area contributed by atoms with E-state index in [4.69, 9.17) is 0 Å². The highest BCUT2D eigenvalue weighted by Gasteiger charge is 2.10. The van der Waals surface area contributed by atoms with Crippen LogP contribution in [0.15, 0.2) is 12.4 Å². The van der Waals surface area contributed by atoms with Crippen LogP contribution in [0.1, 0.15) is 25.3 Å². The first-order chi connectivity index (χ1) is 6.25. The number of imidazole rings is 1. The van der Waals surface area contributed by atoms with E-state index in [0.29, 0.717) is 0 Å². The van der Waals surface area contributed by atoms with Crippen molar-refractivity contribution in [1.29, 1.82) is 0 Å². The number of hydrogen-bond donors (Lipinski definition) is 1. The number of hydrogen-bond acceptors (Lipinski definition) is 3. The summed E-state index contributed by atoms with van der Waals surface area (Å²) in [6, 6.07) is 0. The lowest BCUT2D eigenvalue weighted by atomic mass is 10.2. The Morgan fingerprint density at radius 1 is 1.69 bits per heavy atom. The topological polar surface area (TPSA) is 38.1 Å². The molecule has 1 aromatic rings. The number of aryl methyl sites for hydroxylation is 1. The molecule has 0 aliphatic rings. The first kappa shape index (κ1) is 10.6. The predicted octanol–water partition coefficient (Wildman–Crippen LogP) is 1.60. The third-order valence-electron chi connectivity index (χ3n) is 1.90. The molecule has 1 N–H and O–H groups in total. The van der Waals surface area contributed by atoms with Crippen molar-refractivity contribution in [3.63, 3.8) is 0 Å². The van der Waals surface area contributed by atoms with Crippen LogP contribution >= 0.6 is 11.8 Å². The van der Waals surface area contributed by atoms with Gasteiger partial charge >= 0.3 is 0 Å². The van der Waals surface area contributed by atoms with Gasteiger partial charge < -0.3 is 9.67 Å². The largest absolute Gasteiger partial charge is 0.385 e. The monoisotopic (exact) mass is 200 g/mol. The minimum atomic E-state index is -0.418. The maximum atomic E-state index is 9.72. The number of aliphatic hydroxyl groups excluding tert-OH is 1. The van der Waals surface area contributed by atoms with Gasteiger partial charge in [0.1, 0.15) is 11.9 Å². The van der Waals surface area contributed by atoms with Gasteiger partial charge in [-0.2, -0.15) is 11.8 Å². The van der Waals surface area contributed by atoms with Crippen molar-refractivity contribution in [2.45, 2.75) is 19.4 Å². The summed E-state index contributed by atoms with van der Waals surface area (Å²) in [5.41, 5.74) is 0. The Labute approximate surface area is 83.2 Å². The fourth-order valence-electron chi connectivity index (χ4n) is 1.17. The van der Waals surface area contributed by atoms with E-state index in [1.54, 1.807) is 6.20 Å². The van der Waals surface area contributed by atoms with Crippen LogP contribution in [-0.4, -0.2) is 26.2 Å². The molecule has 0 aromatic carbocycles. The third kappa shape index (κ3) is 3.04. The van der Waals surface area contributed by atoms with Crippen LogP contribution in [0.25, 0.3) is 0 Å². The minimum Gasteiger partial charge on any atom is -0.385 e. The molecule has 1 aromatic heterocycles. The van der Waals surface area contributed by atoms with Gasteiger partial charge in [-0.1, -0.05) is 6.92 Å². The fraction of sp³-hybridized carbons (Fsp3) is 0.667. The Morgan fingerprint density at radius 3 is 3.00 bits per heavy atom. The molecule has 4 heteroatoms. The van der Waals surface area contributed by atoms with Gasteiger partial charge in [-0.15, -0.1) is 0 Å². The van der Waals surface area contributed by atoms with Crippen molar-refractivity contribution in [3.8, 4) is 0 Å². The van der Waals surface area contributed by atoms with Crippen molar-refractivity contribution in [1.82, 2.24) is 9.55 Å². The normalized spacial score (nSPS) is 13.2.